The summed E-state index contributed by atoms with van der Waals surface area (Å²) in [6.07, 6.45) is -10.9. The van der Waals surface area contributed by atoms with Gasteiger partial charge >= 0.3 is 54.7 Å². The fourth-order valence-corrected chi connectivity index (χ4v) is 6.31. The van der Waals surface area contributed by atoms with Crippen LogP contribution in [0.15, 0.2) is 110 Å². The van der Waals surface area contributed by atoms with Crippen molar-refractivity contribution < 1.29 is 121 Å². The van der Waals surface area contributed by atoms with Crippen LogP contribution < -0.4 is 56.8 Å². The molecule has 0 amide bonds. The van der Waals surface area contributed by atoms with Crippen molar-refractivity contribution in [2.45, 2.75) is 18.9 Å². The van der Waals surface area contributed by atoms with Crippen LogP contribution in [0.1, 0.15) is 41.4 Å². The molecule has 0 spiro atoms. The summed E-state index contributed by atoms with van der Waals surface area (Å²) < 4.78 is 154. The maximum Gasteiger partial charge on any atom is 0.586 e. The highest BCUT2D eigenvalue weighted by molar-refractivity contribution is 5.97. The van der Waals surface area contributed by atoms with Gasteiger partial charge in [-0.3, -0.25) is 0 Å². The summed E-state index contributed by atoms with van der Waals surface area (Å²) in [5.74, 6) is -13.4. The normalized spacial score (nSPS) is 14.4. The fourth-order valence-electron chi connectivity index (χ4n) is 6.31. The molecule has 3 heterocycles. The Labute approximate surface area is 403 Å². The first-order valence-corrected chi connectivity index (χ1v) is 20.4. The van der Waals surface area contributed by atoms with E-state index in [0.717, 1.165) is 97.1 Å². The zero-order chi connectivity index (χ0) is 52.2. The van der Waals surface area contributed by atoms with Crippen LogP contribution in [0.4, 0.5) is 26.3 Å². The van der Waals surface area contributed by atoms with E-state index < -0.39 is 112 Å². The quantitative estimate of drug-likeness (QED) is 0.0268. The number of carbonyl (C=O) groups excluding carboxylic acids is 6. The summed E-state index contributed by atoms with van der Waals surface area (Å²) >= 11 is 0. The topological polar surface area (TPSA) is 232 Å². The van der Waals surface area contributed by atoms with Crippen LogP contribution in [0.3, 0.4) is 0 Å². The van der Waals surface area contributed by atoms with E-state index in [-0.39, 0.29) is 60.2 Å². The highest BCUT2D eigenvalue weighted by atomic mass is 19.3. The van der Waals surface area contributed by atoms with E-state index >= 15 is 0 Å². The van der Waals surface area contributed by atoms with Gasteiger partial charge in [0.15, 0.2) is 34.5 Å². The minimum Gasteiger partial charge on any atom is -0.486 e. The van der Waals surface area contributed by atoms with E-state index in [1.807, 2.05) is 0 Å². The Balaban J connectivity index is 0.890. The van der Waals surface area contributed by atoms with Crippen LogP contribution >= 0.6 is 0 Å². The van der Waals surface area contributed by atoms with Crippen molar-refractivity contribution in [3.05, 3.63) is 132 Å². The van der Waals surface area contributed by atoms with Gasteiger partial charge in [-0.15, -0.1) is 26.3 Å². The van der Waals surface area contributed by atoms with Gasteiger partial charge in [-0.05, 0) is 84.9 Å². The number of alkyl halides is 6. The Hall–Kier alpha value is -9.62. The largest absolute Gasteiger partial charge is 0.586 e. The van der Waals surface area contributed by atoms with Gasteiger partial charge in [0.05, 0.1) is 22.3 Å². The van der Waals surface area contributed by atoms with Gasteiger partial charge in [-0.1, -0.05) is 13.2 Å². The molecule has 0 saturated carbocycles. The SMILES string of the molecule is C=CC(=O)OCCOc1ccc(OC(=O)c2ccc(C(=O)Oc3ccc(OC(=O)c4ccc(C(=O)Oc5ccc(OCCOC(=O)C=C)c6c5OC(F)(F)O6)cc4)c4c3OC(F)(F)O4)cc2)c2c1OC(F)(F)O2. The summed E-state index contributed by atoms with van der Waals surface area (Å²) in [6.45, 7) is 5.33. The predicted octanol–water partition coefficient (Wildman–Crippen LogP) is 7.74. The van der Waals surface area contributed by atoms with Crippen LogP contribution in [-0.4, -0.2) is 81.1 Å². The van der Waals surface area contributed by atoms with Gasteiger partial charge in [0, 0.05) is 12.2 Å². The summed E-state index contributed by atoms with van der Waals surface area (Å²) in [4.78, 5) is 74.8. The van der Waals surface area contributed by atoms with Crippen LogP contribution in [-0.2, 0) is 19.1 Å². The van der Waals surface area contributed by atoms with Crippen LogP contribution in [0, 0.1) is 0 Å². The molecule has 378 valence electrons. The number of halogens is 6. The molecule has 0 fully saturated rings. The van der Waals surface area contributed by atoms with Gasteiger partial charge in [-0.2, -0.15) is 0 Å². The third-order valence-corrected chi connectivity index (χ3v) is 9.47. The lowest BCUT2D eigenvalue weighted by Crippen LogP contribution is -2.26. The average molecular weight is 1030 g/mol. The zero-order valence-corrected chi connectivity index (χ0v) is 36.4. The third-order valence-electron chi connectivity index (χ3n) is 9.47. The standard InChI is InChI=1S/C47H28F6O20/c1-3-33(54)62-21-19-60-27-13-15-29(37-35(27)68-45(48,49)70-37)64-41(56)23-5-9-25(10-6-23)43(58)66-31-17-18-32(40-39(31)72-47(52,53)73-40)67-44(59)26-11-7-24(8-12-26)42(57)65-30-16-14-28(61-20-22-63-34(55)4-2)36-38(30)71-46(50,51)69-36/h3-18H,1-2,19-22H2. The van der Waals surface area contributed by atoms with Crippen LogP contribution in [0.2, 0.25) is 0 Å². The van der Waals surface area contributed by atoms with E-state index in [1.54, 1.807) is 0 Å². The Morgan fingerprint density at radius 1 is 0.370 bits per heavy atom. The van der Waals surface area contributed by atoms with E-state index in [0.29, 0.717) is 0 Å². The zero-order valence-electron chi connectivity index (χ0n) is 36.4. The molecule has 0 aromatic heterocycles. The predicted molar refractivity (Wildman–Crippen MR) is 224 cm³/mol. The third kappa shape index (κ3) is 11.4. The molecule has 0 atom stereocenters. The van der Waals surface area contributed by atoms with Crippen molar-refractivity contribution in [1.82, 2.24) is 0 Å². The summed E-state index contributed by atoms with van der Waals surface area (Å²) in [7, 11) is 0. The maximum atomic E-state index is 14.5. The molecule has 20 nitrogen and oxygen atoms in total. The number of esters is 6. The van der Waals surface area contributed by atoms with Crippen LogP contribution in [0.5, 0.6) is 69.0 Å². The van der Waals surface area contributed by atoms with Gasteiger partial charge < -0.3 is 66.3 Å². The molecular formula is C47H28F6O20. The number of rotatable bonds is 18. The monoisotopic (exact) mass is 1030 g/mol. The van der Waals surface area contributed by atoms with Crippen molar-refractivity contribution in [3.8, 4) is 69.0 Å². The number of carbonyl (C=O) groups is 6. The summed E-state index contributed by atoms with van der Waals surface area (Å²) in [5, 5.41) is 0. The van der Waals surface area contributed by atoms with Crippen molar-refractivity contribution in [2.24, 2.45) is 0 Å². The second kappa shape index (κ2) is 20.0. The summed E-state index contributed by atoms with van der Waals surface area (Å²) in [5.41, 5.74) is -0.957. The van der Waals surface area contributed by atoms with E-state index in [4.69, 9.17) is 37.9 Å². The molecule has 0 unspecified atom stereocenters. The van der Waals surface area contributed by atoms with Crippen molar-refractivity contribution in [3.63, 3.8) is 0 Å². The lowest BCUT2D eigenvalue weighted by Gasteiger charge is -2.12. The van der Waals surface area contributed by atoms with Crippen molar-refractivity contribution >= 4 is 35.8 Å². The smallest absolute Gasteiger partial charge is 0.486 e. The van der Waals surface area contributed by atoms with Gasteiger partial charge in [0.1, 0.15) is 26.4 Å². The molecule has 3 aliphatic heterocycles. The first kappa shape index (κ1) is 49.8. The van der Waals surface area contributed by atoms with Crippen molar-refractivity contribution in [2.75, 3.05) is 26.4 Å². The van der Waals surface area contributed by atoms with Gasteiger partial charge in [-0.25, -0.2) is 28.8 Å². The highest BCUT2D eigenvalue weighted by Crippen LogP contribution is 2.55. The molecule has 0 aliphatic carbocycles. The minimum atomic E-state index is -4.35. The molecule has 3 aliphatic rings. The second-order valence-electron chi connectivity index (χ2n) is 14.3. The number of hydrogen-bond donors (Lipinski definition) is 0. The van der Waals surface area contributed by atoms with E-state index in [9.17, 15) is 55.1 Å². The lowest BCUT2D eigenvalue weighted by atomic mass is 10.1. The van der Waals surface area contributed by atoms with E-state index in [2.05, 4.69) is 41.6 Å². The Bertz CT molecular complexity index is 2870. The fraction of sp³-hybridized carbons (Fsp3) is 0.149. The Morgan fingerprint density at radius 2 is 0.589 bits per heavy atom. The lowest BCUT2D eigenvalue weighted by molar-refractivity contribution is -0.288. The van der Waals surface area contributed by atoms with Gasteiger partial charge in [0.25, 0.3) is 0 Å². The second-order valence-corrected chi connectivity index (χ2v) is 14.3. The Morgan fingerprint density at radius 3 is 0.822 bits per heavy atom. The molecule has 0 bridgehead atoms. The van der Waals surface area contributed by atoms with Gasteiger partial charge in [0.2, 0.25) is 34.5 Å². The number of hydrogen-bond acceptors (Lipinski definition) is 20. The molecule has 5 aromatic carbocycles. The van der Waals surface area contributed by atoms with Crippen molar-refractivity contribution in [1.29, 1.82) is 0 Å². The average Bonchev–Trinajstić information content (AvgIpc) is 4.01. The molecule has 0 radical (unpaired) electrons. The molecule has 73 heavy (non-hydrogen) atoms. The molecule has 5 aromatic rings. The Kier molecular flexibility index (Phi) is 13.6. The minimum absolute atomic E-state index is 0.223. The van der Waals surface area contributed by atoms with E-state index in [1.165, 1.54) is 0 Å². The molecular weight excluding hydrogens is 998 g/mol. The maximum absolute atomic E-state index is 14.5. The first-order chi connectivity index (χ1) is 34.7. The molecule has 0 N–H and O–H groups in total. The first-order valence-electron chi connectivity index (χ1n) is 20.4. The molecule has 8 rings (SSSR count). The molecule has 26 heteroatoms. The highest BCUT2D eigenvalue weighted by Gasteiger charge is 2.50. The van der Waals surface area contributed by atoms with Crippen LogP contribution in [0.25, 0.3) is 0 Å². The number of ether oxygens (including phenoxy) is 14. The number of benzene rings is 5. The number of fused-ring (bicyclic) bond motifs is 3. The summed E-state index contributed by atoms with van der Waals surface area (Å²) in [6, 6.07) is 14.8. The molecule has 0 saturated heterocycles.